The van der Waals surface area contributed by atoms with E-state index in [1.54, 1.807) is 27.5 Å². The molecule has 5 rings (SSSR count). The SMILES string of the molecule is COc1cc(Nc2nccc(N3CCCCC3)n2)cc(OC)c1OC.C[N-]Cc1cccc(Oc2ccccc2)c1.[K+]. The summed E-state index contributed by atoms with van der Waals surface area (Å²) < 4.78 is 21.8. The van der Waals surface area contributed by atoms with E-state index in [0.717, 1.165) is 48.2 Å². The van der Waals surface area contributed by atoms with E-state index in [9.17, 15) is 0 Å². The Morgan fingerprint density at radius 1 is 0.810 bits per heavy atom. The molecule has 1 fully saturated rings. The number of ether oxygens (including phenoxy) is 4. The first kappa shape index (κ1) is 33.6. The Morgan fingerprint density at radius 2 is 1.50 bits per heavy atom. The van der Waals surface area contributed by atoms with Crippen LogP contribution in [-0.4, -0.2) is 51.4 Å². The van der Waals surface area contributed by atoms with Crippen LogP contribution in [0.25, 0.3) is 5.32 Å². The molecule has 0 aliphatic carbocycles. The Balaban J connectivity index is 0.000000247. The molecule has 1 saturated heterocycles. The van der Waals surface area contributed by atoms with Crippen molar-refractivity contribution in [2.75, 3.05) is 51.7 Å². The summed E-state index contributed by atoms with van der Waals surface area (Å²) >= 11 is 0. The first-order valence-corrected chi connectivity index (χ1v) is 13.7. The topological polar surface area (TPSA) is 92.1 Å². The summed E-state index contributed by atoms with van der Waals surface area (Å²) in [5, 5.41) is 7.32. The summed E-state index contributed by atoms with van der Waals surface area (Å²) in [6, 6.07) is 23.4. The summed E-state index contributed by atoms with van der Waals surface area (Å²) in [7, 11) is 6.58. The number of aromatic nitrogens is 2. The number of piperidine rings is 1. The predicted molar refractivity (Wildman–Crippen MR) is 163 cm³/mol. The summed E-state index contributed by atoms with van der Waals surface area (Å²) in [4.78, 5) is 11.3. The third-order valence-corrected chi connectivity index (χ3v) is 6.46. The first-order chi connectivity index (χ1) is 20.1. The van der Waals surface area contributed by atoms with Gasteiger partial charge < -0.3 is 34.5 Å². The molecule has 0 unspecified atom stereocenters. The van der Waals surface area contributed by atoms with Crippen LogP contribution >= 0.6 is 0 Å². The van der Waals surface area contributed by atoms with Gasteiger partial charge in [-0.3, -0.25) is 0 Å². The van der Waals surface area contributed by atoms with Gasteiger partial charge >= 0.3 is 51.4 Å². The minimum atomic E-state index is 0. The number of anilines is 3. The van der Waals surface area contributed by atoms with E-state index in [1.165, 1.54) is 19.3 Å². The molecule has 2 heterocycles. The first-order valence-electron chi connectivity index (χ1n) is 13.7. The average molecular weight is 596 g/mol. The van der Waals surface area contributed by atoms with Crippen LogP contribution < -0.4 is 80.5 Å². The van der Waals surface area contributed by atoms with Gasteiger partial charge in [-0.15, -0.1) is 6.54 Å². The largest absolute Gasteiger partial charge is 1.00 e. The number of hydrogen-bond donors (Lipinski definition) is 1. The van der Waals surface area contributed by atoms with Crippen molar-refractivity contribution < 1.29 is 70.3 Å². The Hall–Kier alpha value is -2.86. The van der Waals surface area contributed by atoms with E-state index in [1.807, 2.05) is 79.8 Å². The van der Waals surface area contributed by atoms with E-state index in [2.05, 4.69) is 25.5 Å². The van der Waals surface area contributed by atoms with Crippen LogP contribution in [-0.2, 0) is 6.54 Å². The van der Waals surface area contributed by atoms with E-state index < -0.39 is 0 Å². The van der Waals surface area contributed by atoms with Crippen molar-refractivity contribution in [3.05, 3.63) is 89.9 Å². The van der Waals surface area contributed by atoms with Crippen molar-refractivity contribution in [1.82, 2.24) is 9.97 Å². The zero-order valence-electron chi connectivity index (χ0n) is 25.2. The van der Waals surface area contributed by atoms with Crippen LogP contribution in [0.2, 0.25) is 0 Å². The second kappa shape index (κ2) is 17.9. The molecule has 42 heavy (non-hydrogen) atoms. The monoisotopic (exact) mass is 595 g/mol. The normalized spacial score (nSPS) is 12.2. The molecule has 1 aliphatic heterocycles. The van der Waals surface area contributed by atoms with Crippen LogP contribution in [0.3, 0.4) is 0 Å². The van der Waals surface area contributed by atoms with E-state index in [4.69, 9.17) is 18.9 Å². The van der Waals surface area contributed by atoms with Crippen LogP contribution in [0.4, 0.5) is 17.5 Å². The van der Waals surface area contributed by atoms with Gasteiger partial charge in [-0.1, -0.05) is 35.9 Å². The van der Waals surface area contributed by atoms with Gasteiger partial charge in [0.25, 0.3) is 0 Å². The van der Waals surface area contributed by atoms with Crippen molar-refractivity contribution in [3.63, 3.8) is 0 Å². The summed E-state index contributed by atoms with van der Waals surface area (Å²) in [5.74, 6) is 4.91. The number of rotatable bonds is 10. The molecule has 0 amide bonds. The fourth-order valence-electron chi connectivity index (χ4n) is 4.51. The summed E-state index contributed by atoms with van der Waals surface area (Å²) in [5.41, 5.74) is 1.93. The van der Waals surface area contributed by atoms with Crippen LogP contribution in [0, 0.1) is 0 Å². The maximum Gasteiger partial charge on any atom is 1.00 e. The van der Waals surface area contributed by atoms with Gasteiger partial charge in [0.15, 0.2) is 11.5 Å². The van der Waals surface area contributed by atoms with Crippen molar-refractivity contribution in [3.8, 4) is 28.7 Å². The zero-order valence-corrected chi connectivity index (χ0v) is 28.3. The summed E-state index contributed by atoms with van der Waals surface area (Å²) in [6.07, 6.45) is 5.48. The van der Waals surface area contributed by atoms with Crippen LogP contribution in [0.1, 0.15) is 24.8 Å². The standard InChI is InChI=1S/C18H24N4O3.C14H14NO.K/c1-23-14-11-13(12-15(24-2)17(14)25-3)20-18-19-8-7-16(21-18)22-9-5-4-6-10-22;1-15-11-12-6-5-9-14(10-12)16-13-7-3-2-4-8-13;/h7-8,11-12H,4-6,9-10H2,1-3H3,(H,19,20,21);2-10H,11H2,1H3;/q;-1;+1. The van der Waals surface area contributed by atoms with Crippen molar-refractivity contribution >= 4 is 17.5 Å². The zero-order chi connectivity index (χ0) is 28.9. The fourth-order valence-corrected chi connectivity index (χ4v) is 4.51. The van der Waals surface area contributed by atoms with Gasteiger partial charge in [-0.2, -0.15) is 12.0 Å². The number of benzene rings is 3. The molecule has 4 aromatic rings. The third-order valence-electron chi connectivity index (χ3n) is 6.46. The molecule has 0 atom stereocenters. The quantitative estimate of drug-likeness (QED) is 0.273. The van der Waals surface area contributed by atoms with Gasteiger partial charge in [-0.25, -0.2) is 4.98 Å². The maximum atomic E-state index is 5.72. The molecule has 0 saturated carbocycles. The van der Waals surface area contributed by atoms with Crippen molar-refractivity contribution in [2.24, 2.45) is 0 Å². The maximum absolute atomic E-state index is 5.72. The number of para-hydroxylation sites is 1. The van der Waals surface area contributed by atoms with E-state index in [0.29, 0.717) is 23.2 Å². The Bertz CT molecular complexity index is 1350. The minimum absolute atomic E-state index is 0. The Labute approximate surface area is 291 Å². The molecule has 9 nitrogen and oxygen atoms in total. The van der Waals surface area contributed by atoms with Crippen molar-refractivity contribution in [1.29, 1.82) is 0 Å². The fraction of sp³-hybridized carbons (Fsp3) is 0.312. The Kier molecular flexibility index (Phi) is 14.4. The predicted octanol–water partition coefficient (Wildman–Crippen LogP) is 4.22. The second-order valence-electron chi connectivity index (χ2n) is 9.36. The third kappa shape index (κ3) is 9.86. The van der Waals surface area contributed by atoms with Crippen LogP contribution in [0.15, 0.2) is 79.0 Å². The number of nitrogens with zero attached hydrogens (tertiary/aromatic N) is 4. The number of methoxy groups -OCH3 is 3. The summed E-state index contributed by atoms with van der Waals surface area (Å²) in [6.45, 7) is 2.81. The molecule has 3 aromatic carbocycles. The molecule has 0 radical (unpaired) electrons. The Morgan fingerprint density at radius 3 is 2.14 bits per heavy atom. The van der Waals surface area contributed by atoms with E-state index >= 15 is 0 Å². The van der Waals surface area contributed by atoms with Gasteiger partial charge in [0, 0.05) is 37.1 Å². The molecule has 216 valence electrons. The average Bonchev–Trinajstić information content (AvgIpc) is 3.02. The van der Waals surface area contributed by atoms with Gasteiger partial charge in [0.1, 0.15) is 17.3 Å². The van der Waals surface area contributed by atoms with E-state index in [-0.39, 0.29) is 51.4 Å². The molecule has 0 bridgehead atoms. The minimum Gasteiger partial charge on any atom is -0.661 e. The van der Waals surface area contributed by atoms with Gasteiger partial charge in [-0.05, 0) is 49.6 Å². The molecular formula is C32H38KN5O4. The number of nitrogens with one attached hydrogen (secondary N) is 1. The molecular weight excluding hydrogens is 557 g/mol. The number of hydrogen-bond acceptors (Lipinski definition) is 8. The van der Waals surface area contributed by atoms with Crippen LogP contribution in [0.5, 0.6) is 28.7 Å². The second-order valence-corrected chi connectivity index (χ2v) is 9.36. The molecule has 1 aromatic heterocycles. The molecule has 1 aliphatic rings. The van der Waals surface area contributed by atoms with Gasteiger partial charge in [0.2, 0.25) is 11.7 Å². The van der Waals surface area contributed by atoms with Gasteiger partial charge in [0.05, 0.1) is 21.3 Å². The molecule has 10 heteroatoms. The smallest absolute Gasteiger partial charge is 0.661 e. The molecule has 1 N–H and O–H groups in total. The van der Waals surface area contributed by atoms with Crippen molar-refractivity contribution in [2.45, 2.75) is 25.8 Å². The molecule has 0 spiro atoms.